The van der Waals surface area contributed by atoms with Gasteiger partial charge in [-0.05, 0) is 64.4 Å². The third kappa shape index (κ3) is 9.97. The summed E-state index contributed by atoms with van der Waals surface area (Å²) in [4.78, 5) is 50.3. The van der Waals surface area contributed by atoms with E-state index in [9.17, 15) is 18.8 Å². The Balaban J connectivity index is 1.36. The molecule has 1 aromatic carbocycles. The predicted octanol–water partition coefficient (Wildman–Crippen LogP) is 4.36. The van der Waals surface area contributed by atoms with Gasteiger partial charge in [0.05, 0.1) is 37.6 Å². The number of alkyl carbamates (subject to hydrolysis) is 1. The van der Waals surface area contributed by atoms with Crippen LogP contribution in [-0.4, -0.2) is 96.9 Å². The normalized spacial score (nSPS) is 17.4. The molecule has 2 aromatic heterocycles. The first kappa shape index (κ1) is 37.2. The van der Waals surface area contributed by atoms with Gasteiger partial charge in [0.2, 0.25) is 5.52 Å². The number of benzene rings is 1. The molecular formula is C35H45FN6O7. The Morgan fingerprint density at radius 2 is 1.69 bits per heavy atom. The van der Waals surface area contributed by atoms with Gasteiger partial charge in [0.1, 0.15) is 24.1 Å². The van der Waals surface area contributed by atoms with Crippen LogP contribution in [0.2, 0.25) is 0 Å². The van der Waals surface area contributed by atoms with Crippen LogP contribution in [0.15, 0.2) is 47.3 Å². The molecule has 264 valence electrons. The molecule has 3 heterocycles. The van der Waals surface area contributed by atoms with Crippen molar-refractivity contribution in [3.8, 4) is 0 Å². The Bertz CT molecular complexity index is 1700. The summed E-state index contributed by atoms with van der Waals surface area (Å²) in [6, 6.07) is 9.50. The smallest absolute Gasteiger partial charge is 0.407 e. The molecule has 0 saturated carbocycles. The van der Waals surface area contributed by atoms with E-state index < -0.39 is 29.5 Å². The van der Waals surface area contributed by atoms with E-state index >= 15 is 0 Å². The number of pyridine rings is 2. The van der Waals surface area contributed by atoms with Gasteiger partial charge >= 0.3 is 12.1 Å². The third-order valence-corrected chi connectivity index (χ3v) is 8.01. The SMILES string of the molecule is [C-]#[N+]c1ccc2c(n1)c(N1C[C@@H](C)N(C(C(=O)OCCOCCOCCNC(=O)OC(C)(C)C)c3ccc(F)cc3)C[C@@H]1C)cc(=O)n2C. The highest BCUT2D eigenvalue weighted by Crippen LogP contribution is 2.34. The van der Waals surface area contributed by atoms with Crippen molar-refractivity contribution in [2.45, 2.75) is 58.3 Å². The largest absolute Gasteiger partial charge is 0.462 e. The van der Waals surface area contributed by atoms with Crippen LogP contribution in [0, 0.1) is 12.4 Å². The van der Waals surface area contributed by atoms with E-state index in [0.717, 1.165) is 0 Å². The topological polar surface area (TPSA) is 129 Å². The summed E-state index contributed by atoms with van der Waals surface area (Å²) in [5.74, 6) is -0.674. The number of aryl methyl sites for hydroxylation is 1. The molecule has 1 fully saturated rings. The van der Waals surface area contributed by atoms with Crippen LogP contribution >= 0.6 is 0 Å². The molecule has 0 bridgehead atoms. The first-order valence-corrected chi connectivity index (χ1v) is 16.2. The van der Waals surface area contributed by atoms with Gasteiger partial charge in [-0.3, -0.25) is 9.69 Å². The summed E-state index contributed by atoms with van der Waals surface area (Å²) in [5, 5.41) is 2.61. The zero-order valence-electron chi connectivity index (χ0n) is 28.9. The van der Waals surface area contributed by atoms with Crippen LogP contribution in [0.3, 0.4) is 0 Å². The van der Waals surface area contributed by atoms with Gasteiger partial charge in [0.15, 0.2) is 0 Å². The monoisotopic (exact) mass is 680 g/mol. The molecule has 1 aliphatic heterocycles. The fourth-order valence-corrected chi connectivity index (χ4v) is 5.68. The molecule has 0 radical (unpaired) electrons. The number of ether oxygens (including phenoxy) is 4. The summed E-state index contributed by atoms with van der Waals surface area (Å²) in [5.41, 5.74) is 1.63. The van der Waals surface area contributed by atoms with Crippen LogP contribution < -0.4 is 15.8 Å². The summed E-state index contributed by atoms with van der Waals surface area (Å²) < 4.78 is 37.2. The Labute approximate surface area is 285 Å². The number of hydrogen-bond acceptors (Lipinski definition) is 10. The van der Waals surface area contributed by atoms with Crippen molar-refractivity contribution in [3.05, 3.63) is 75.6 Å². The molecule has 49 heavy (non-hydrogen) atoms. The zero-order chi connectivity index (χ0) is 35.7. The summed E-state index contributed by atoms with van der Waals surface area (Å²) >= 11 is 0. The van der Waals surface area contributed by atoms with E-state index in [4.69, 9.17) is 25.5 Å². The van der Waals surface area contributed by atoms with Crippen molar-refractivity contribution in [1.82, 2.24) is 19.8 Å². The number of nitrogens with one attached hydrogen (secondary N) is 1. The highest BCUT2D eigenvalue weighted by atomic mass is 19.1. The molecule has 14 heteroatoms. The summed E-state index contributed by atoms with van der Waals surface area (Å²) in [6.07, 6.45) is -0.510. The Morgan fingerprint density at radius 1 is 1.02 bits per heavy atom. The molecule has 4 rings (SSSR count). The lowest BCUT2D eigenvalue weighted by Crippen LogP contribution is -2.58. The second-order valence-electron chi connectivity index (χ2n) is 12.9. The Morgan fingerprint density at radius 3 is 2.37 bits per heavy atom. The number of esters is 1. The van der Waals surface area contributed by atoms with E-state index in [-0.39, 0.29) is 49.9 Å². The number of halogens is 1. The number of carbonyl (C=O) groups excluding carboxylic acids is 2. The number of anilines is 1. The van der Waals surface area contributed by atoms with Crippen molar-refractivity contribution < 1.29 is 32.9 Å². The molecule has 1 saturated heterocycles. The summed E-state index contributed by atoms with van der Waals surface area (Å²) in [7, 11) is 1.67. The second-order valence-corrected chi connectivity index (χ2v) is 12.9. The van der Waals surface area contributed by atoms with Crippen molar-refractivity contribution in [2.75, 3.05) is 57.6 Å². The zero-order valence-corrected chi connectivity index (χ0v) is 28.9. The fraction of sp³-hybridized carbons (Fsp3) is 0.514. The van der Waals surface area contributed by atoms with Crippen LogP contribution in [-0.2, 0) is 30.8 Å². The van der Waals surface area contributed by atoms with Gasteiger partial charge in [0.25, 0.3) is 11.4 Å². The van der Waals surface area contributed by atoms with E-state index in [2.05, 4.69) is 20.0 Å². The van der Waals surface area contributed by atoms with Gasteiger partial charge < -0.3 is 38.6 Å². The molecular weight excluding hydrogens is 635 g/mol. The molecule has 1 amide bonds. The first-order valence-electron chi connectivity index (χ1n) is 16.2. The van der Waals surface area contributed by atoms with Crippen molar-refractivity contribution in [2.24, 2.45) is 7.05 Å². The summed E-state index contributed by atoms with van der Waals surface area (Å²) in [6.45, 7) is 19.0. The average Bonchev–Trinajstić information content (AvgIpc) is 3.05. The lowest BCUT2D eigenvalue weighted by atomic mass is 9.99. The number of aromatic nitrogens is 2. The molecule has 0 spiro atoms. The Kier molecular flexibility index (Phi) is 12.7. The number of carbonyl (C=O) groups is 2. The average molecular weight is 681 g/mol. The maximum absolute atomic E-state index is 13.9. The molecule has 3 aromatic rings. The number of amides is 1. The van der Waals surface area contributed by atoms with Crippen molar-refractivity contribution in [1.29, 1.82) is 0 Å². The highest BCUT2D eigenvalue weighted by molar-refractivity contribution is 5.90. The van der Waals surface area contributed by atoms with Crippen LogP contribution in [0.1, 0.15) is 46.2 Å². The number of nitrogens with zero attached hydrogens (tertiary/aromatic N) is 5. The first-order chi connectivity index (χ1) is 23.3. The van der Waals surface area contributed by atoms with Crippen LogP contribution in [0.4, 0.5) is 20.7 Å². The minimum atomic E-state index is -0.812. The third-order valence-electron chi connectivity index (χ3n) is 8.01. The standard InChI is InChI=1S/C35H45FN6O7/c1-23-22-42(24(2)21-41(23)28-20-30(43)40(7)27-12-13-29(37-6)39-31(27)28)32(25-8-10-26(36)11-9-25)33(44)48-19-18-47-17-16-46-15-14-38-34(45)49-35(3,4)5/h8-13,20,23-24,32H,14-19,21-22H2,1-5,7H3,(H,38,45)/t23-,24+,32?/m0/s1. The van der Waals surface area contributed by atoms with Gasteiger partial charge in [-0.15, -0.1) is 4.98 Å². The van der Waals surface area contributed by atoms with Gasteiger partial charge in [0, 0.05) is 44.8 Å². The number of fused-ring (bicyclic) bond motifs is 1. The number of rotatable bonds is 13. The van der Waals surface area contributed by atoms with E-state index in [0.29, 0.717) is 48.5 Å². The van der Waals surface area contributed by atoms with Crippen LogP contribution in [0.25, 0.3) is 15.9 Å². The number of hydrogen-bond donors (Lipinski definition) is 1. The molecule has 0 aliphatic carbocycles. The van der Waals surface area contributed by atoms with E-state index in [1.54, 1.807) is 58.2 Å². The van der Waals surface area contributed by atoms with Gasteiger partial charge in [-0.2, -0.15) is 0 Å². The quantitative estimate of drug-likeness (QED) is 0.158. The van der Waals surface area contributed by atoms with Gasteiger partial charge in [-0.25, -0.2) is 14.0 Å². The van der Waals surface area contributed by atoms with E-state index in [1.807, 2.05) is 18.7 Å². The maximum Gasteiger partial charge on any atom is 0.407 e. The maximum atomic E-state index is 13.9. The van der Waals surface area contributed by atoms with Crippen molar-refractivity contribution >= 4 is 34.6 Å². The number of piperazine rings is 1. The lowest BCUT2D eigenvalue weighted by Gasteiger charge is -2.47. The highest BCUT2D eigenvalue weighted by Gasteiger charge is 2.39. The second kappa shape index (κ2) is 16.7. The molecule has 1 N–H and O–H groups in total. The minimum absolute atomic E-state index is 0.00891. The van der Waals surface area contributed by atoms with Crippen molar-refractivity contribution in [3.63, 3.8) is 0 Å². The van der Waals surface area contributed by atoms with E-state index in [1.165, 1.54) is 16.7 Å². The Hall–Kier alpha value is -4.58. The van der Waals surface area contributed by atoms with Gasteiger partial charge in [-0.1, -0.05) is 18.7 Å². The molecule has 13 nitrogen and oxygen atoms in total. The molecule has 3 atom stereocenters. The predicted molar refractivity (Wildman–Crippen MR) is 182 cm³/mol. The fourth-order valence-electron chi connectivity index (χ4n) is 5.68. The minimum Gasteiger partial charge on any atom is -0.462 e. The van der Waals surface area contributed by atoms with Crippen LogP contribution in [0.5, 0.6) is 0 Å². The molecule has 1 unspecified atom stereocenters. The lowest BCUT2D eigenvalue weighted by molar-refractivity contribution is -0.153. The molecule has 1 aliphatic rings.